The molecular formula is C16H16N2O6S. The summed E-state index contributed by atoms with van der Waals surface area (Å²) in [5, 5.41) is 14.4. The molecule has 1 aliphatic rings. The zero-order valence-corrected chi connectivity index (χ0v) is 14.6. The molecule has 0 N–H and O–H groups in total. The monoisotopic (exact) mass is 364 g/mol. The minimum Gasteiger partial charge on any atom is -0.290 e. The van der Waals surface area contributed by atoms with Crippen LogP contribution in [0.2, 0.25) is 0 Å². The van der Waals surface area contributed by atoms with E-state index in [1.54, 1.807) is 6.92 Å². The van der Waals surface area contributed by atoms with Gasteiger partial charge < -0.3 is 0 Å². The minimum atomic E-state index is -4.32. The van der Waals surface area contributed by atoms with Crippen LogP contribution in [0.5, 0.6) is 0 Å². The number of nitro benzene ring substituents is 1. The molecule has 0 radical (unpaired) electrons. The van der Waals surface area contributed by atoms with Crippen LogP contribution in [-0.2, 0) is 19.2 Å². The average Bonchev–Trinajstić information content (AvgIpc) is 2.53. The number of rotatable bonds is 5. The van der Waals surface area contributed by atoms with Gasteiger partial charge in [-0.25, -0.2) is 0 Å². The van der Waals surface area contributed by atoms with Crippen molar-refractivity contribution < 1.29 is 22.4 Å². The van der Waals surface area contributed by atoms with Gasteiger partial charge in [0.15, 0.2) is 5.78 Å². The summed E-state index contributed by atoms with van der Waals surface area (Å²) in [7, 11) is -4.32. The Hall–Kier alpha value is -2.81. The first-order chi connectivity index (χ1) is 11.6. The maximum absolute atomic E-state index is 12.2. The second kappa shape index (κ2) is 6.98. The molecule has 9 heteroatoms. The molecule has 25 heavy (non-hydrogen) atoms. The summed E-state index contributed by atoms with van der Waals surface area (Å²) in [6.45, 7) is 5.26. The van der Waals surface area contributed by atoms with Gasteiger partial charge >= 0.3 is 10.1 Å². The number of hydrogen-bond donors (Lipinski definition) is 0. The van der Waals surface area contributed by atoms with Crippen LogP contribution in [-0.4, -0.2) is 24.8 Å². The second-order valence-corrected chi connectivity index (χ2v) is 7.23. The van der Waals surface area contributed by atoms with Gasteiger partial charge in [-0.1, -0.05) is 25.1 Å². The van der Waals surface area contributed by atoms with Crippen LogP contribution >= 0.6 is 0 Å². The van der Waals surface area contributed by atoms with E-state index in [1.165, 1.54) is 30.4 Å². The molecule has 1 aliphatic carbocycles. The van der Waals surface area contributed by atoms with Gasteiger partial charge in [0, 0.05) is 17.7 Å². The van der Waals surface area contributed by atoms with E-state index in [9.17, 15) is 23.3 Å². The number of non-ortho nitro benzene ring substituents is 1. The number of benzene rings is 1. The molecule has 1 aromatic carbocycles. The van der Waals surface area contributed by atoms with E-state index >= 15 is 0 Å². The molecule has 0 saturated heterocycles. The Morgan fingerprint density at radius 1 is 1.24 bits per heavy atom. The summed E-state index contributed by atoms with van der Waals surface area (Å²) in [5.74, 6) is -0.219. The van der Waals surface area contributed by atoms with E-state index < -0.39 is 15.0 Å². The van der Waals surface area contributed by atoms with Gasteiger partial charge in [0.25, 0.3) is 5.69 Å². The molecule has 0 atom stereocenters. The van der Waals surface area contributed by atoms with Crippen LogP contribution in [0, 0.1) is 16.0 Å². The Bertz CT molecular complexity index is 926. The van der Waals surface area contributed by atoms with E-state index in [1.807, 2.05) is 13.8 Å². The Balaban J connectivity index is 2.33. The number of oxime groups is 1. The predicted molar refractivity (Wildman–Crippen MR) is 90.5 cm³/mol. The van der Waals surface area contributed by atoms with Crippen LogP contribution in [0.4, 0.5) is 5.69 Å². The smallest absolute Gasteiger partial charge is 0.290 e. The molecule has 2 rings (SSSR count). The molecule has 132 valence electrons. The van der Waals surface area contributed by atoms with Gasteiger partial charge in [0.1, 0.15) is 10.6 Å². The lowest BCUT2D eigenvalue weighted by molar-refractivity contribution is -0.385. The third kappa shape index (κ3) is 4.18. The SMILES string of the molecule is CC1=CC(=O)C(C(C)C)=CC1=NOS(=O)(=O)c1cccc([N+](=O)[O-])c1. The van der Waals surface area contributed by atoms with Gasteiger partial charge in [0.05, 0.1) is 4.92 Å². The third-order valence-electron chi connectivity index (χ3n) is 3.50. The average molecular weight is 364 g/mol. The topological polar surface area (TPSA) is 116 Å². The first-order valence-electron chi connectivity index (χ1n) is 7.32. The zero-order chi connectivity index (χ0) is 18.8. The van der Waals surface area contributed by atoms with Crippen molar-refractivity contribution in [3.63, 3.8) is 0 Å². The quantitative estimate of drug-likeness (QED) is 0.450. The molecule has 0 heterocycles. The van der Waals surface area contributed by atoms with Gasteiger partial charge in [-0.05, 0) is 36.6 Å². The molecule has 0 unspecified atom stereocenters. The summed E-state index contributed by atoms with van der Waals surface area (Å²) in [4.78, 5) is 21.6. The van der Waals surface area contributed by atoms with Crippen LogP contribution < -0.4 is 0 Å². The fraction of sp³-hybridized carbons (Fsp3) is 0.250. The van der Waals surface area contributed by atoms with Crippen LogP contribution in [0.25, 0.3) is 0 Å². The van der Waals surface area contributed by atoms with Gasteiger partial charge in [0.2, 0.25) is 0 Å². The van der Waals surface area contributed by atoms with E-state index in [4.69, 9.17) is 0 Å². The standard InChI is InChI=1S/C16H16N2O6S/c1-10(2)14-9-15(11(3)7-16(14)19)17-24-25(22,23)13-6-4-5-12(8-13)18(20)21/h4-10H,1-3H3. The fourth-order valence-electron chi connectivity index (χ4n) is 2.12. The Morgan fingerprint density at radius 2 is 1.92 bits per heavy atom. The van der Waals surface area contributed by atoms with E-state index in [0.29, 0.717) is 11.1 Å². The van der Waals surface area contributed by atoms with Crippen molar-refractivity contribution in [2.75, 3.05) is 0 Å². The van der Waals surface area contributed by atoms with Crippen molar-refractivity contribution in [1.82, 2.24) is 0 Å². The molecule has 0 aliphatic heterocycles. The zero-order valence-electron chi connectivity index (χ0n) is 13.8. The predicted octanol–water partition coefficient (Wildman–Crippen LogP) is 2.77. The molecule has 8 nitrogen and oxygen atoms in total. The molecule has 1 aromatic rings. The van der Waals surface area contributed by atoms with Crippen molar-refractivity contribution in [3.8, 4) is 0 Å². The van der Waals surface area contributed by atoms with Crippen molar-refractivity contribution in [3.05, 3.63) is 57.7 Å². The maximum Gasteiger partial charge on any atom is 0.358 e. The number of ketones is 1. The highest BCUT2D eigenvalue weighted by Gasteiger charge is 2.22. The molecule has 0 bridgehead atoms. The molecule has 0 amide bonds. The summed E-state index contributed by atoms with van der Waals surface area (Å²) < 4.78 is 29.0. The lowest BCUT2D eigenvalue weighted by atomic mass is 9.90. The number of nitro groups is 1. The first-order valence-corrected chi connectivity index (χ1v) is 8.73. The van der Waals surface area contributed by atoms with Gasteiger partial charge in [-0.3, -0.25) is 19.2 Å². The van der Waals surface area contributed by atoms with Crippen molar-refractivity contribution in [2.45, 2.75) is 25.7 Å². The lowest BCUT2D eigenvalue weighted by Gasteiger charge is -2.14. The summed E-state index contributed by atoms with van der Waals surface area (Å²) in [5.41, 5.74) is 0.778. The Kier molecular flexibility index (Phi) is 5.17. The maximum atomic E-state index is 12.2. The number of nitrogens with zero attached hydrogens (tertiary/aromatic N) is 2. The van der Waals surface area contributed by atoms with Crippen LogP contribution in [0.1, 0.15) is 20.8 Å². The first kappa shape index (κ1) is 18.5. The molecule has 0 fully saturated rings. The van der Waals surface area contributed by atoms with E-state index in [-0.39, 0.29) is 28.0 Å². The second-order valence-electron chi connectivity index (χ2n) is 5.71. The largest absolute Gasteiger partial charge is 0.358 e. The number of hydrogen-bond acceptors (Lipinski definition) is 7. The highest BCUT2D eigenvalue weighted by atomic mass is 32.2. The fourth-order valence-corrected chi connectivity index (χ4v) is 2.90. The molecule has 0 saturated carbocycles. The summed E-state index contributed by atoms with van der Waals surface area (Å²) in [6, 6.07) is 4.47. The number of allylic oxidation sites excluding steroid dienone is 4. The number of carbonyl (C=O) groups excluding carboxylic acids is 1. The van der Waals surface area contributed by atoms with Crippen molar-refractivity contribution >= 4 is 27.3 Å². The van der Waals surface area contributed by atoms with Crippen molar-refractivity contribution in [1.29, 1.82) is 0 Å². The molecule has 0 aromatic heterocycles. The Labute approximate surface area is 144 Å². The van der Waals surface area contributed by atoms with Gasteiger partial charge in [-0.15, -0.1) is 0 Å². The normalized spacial score (nSPS) is 16.6. The van der Waals surface area contributed by atoms with E-state index in [0.717, 1.165) is 6.07 Å². The van der Waals surface area contributed by atoms with E-state index in [2.05, 4.69) is 9.44 Å². The molecular weight excluding hydrogens is 348 g/mol. The van der Waals surface area contributed by atoms with Gasteiger partial charge in [-0.2, -0.15) is 8.42 Å². The van der Waals surface area contributed by atoms with Crippen molar-refractivity contribution in [2.24, 2.45) is 11.1 Å². The Morgan fingerprint density at radius 3 is 2.52 bits per heavy atom. The molecule has 0 spiro atoms. The highest BCUT2D eigenvalue weighted by Crippen LogP contribution is 2.22. The third-order valence-corrected chi connectivity index (χ3v) is 4.60. The lowest BCUT2D eigenvalue weighted by Crippen LogP contribution is -2.16. The van der Waals surface area contributed by atoms with Crippen LogP contribution in [0.15, 0.2) is 57.6 Å². The van der Waals surface area contributed by atoms with Crippen LogP contribution in [0.3, 0.4) is 0 Å². The summed E-state index contributed by atoms with van der Waals surface area (Å²) in [6.07, 6.45) is 2.84. The summed E-state index contributed by atoms with van der Waals surface area (Å²) >= 11 is 0. The highest BCUT2D eigenvalue weighted by molar-refractivity contribution is 7.86. The number of carbonyl (C=O) groups is 1. The minimum absolute atomic E-state index is 0.0598.